The molecule has 8 heteroatoms. The molecule has 0 radical (unpaired) electrons. The minimum absolute atomic E-state index is 0.0608. The highest BCUT2D eigenvalue weighted by atomic mass is 32.2. The van der Waals surface area contributed by atoms with Gasteiger partial charge in [0.25, 0.3) is 5.91 Å². The molecule has 3 aromatic rings. The molecule has 1 unspecified atom stereocenters. The highest BCUT2D eigenvalue weighted by Gasteiger charge is 2.16. The predicted octanol–water partition coefficient (Wildman–Crippen LogP) is 2.43. The molecule has 1 aromatic heterocycles. The zero-order valence-corrected chi connectivity index (χ0v) is 17.0. The minimum Gasteiger partial charge on any atom is -0.352 e. The van der Waals surface area contributed by atoms with E-state index < -0.39 is 10.0 Å². The molecule has 0 aliphatic carbocycles. The summed E-state index contributed by atoms with van der Waals surface area (Å²) in [5, 5.41) is 7.00. The molecule has 0 spiro atoms. The summed E-state index contributed by atoms with van der Waals surface area (Å²) in [4.78, 5) is 12.5. The van der Waals surface area contributed by atoms with Gasteiger partial charge >= 0.3 is 0 Å². The molecule has 152 valence electrons. The highest BCUT2D eigenvalue weighted by molar-refractivity contribution is 7.89. The third-order valence-corrected chi connectivity index (χ3v) is 5.78. The van der Waals surface area contributed by atoms with Gasteiger partial charge in [-0.05, 0) is 35.7 Å². The van der Waals surface area contributed by atoms with Gasteiger partial charge in [0.1, 0.15) is 0 Å². The van der Waals surface area contributed by atoms with Crippen molar-refractivity contribution < 1.29 is 13.2 Å². The van der Waals surface area contributed by atoms with Crippen molar-refractivity contribution in [3.8, 4) is 0 Å². The van der Waals surface area contributed by atoms with E-state index in [2.05, 4.69) is 15.1 Å². The molecule has 3 rings (SSSR count). The summed E-state index contributed by atoms with van der Waals surface area (Å²) in [5.74, 6) is -0.129. The van der Waals surface area contributed by atoms with Crippen LogP contribution in [0.4, 0.5) is 0 Å². The van der Waals surface area contributed by atoms with Crippen molar-refractivity contribution in [1.29, 1.82) is 0 Å². The van der Waals surface area contributed by atoms with Crippen LogP contribution >= 0.6 is 0 Å². The number of sulfonamides is 1. The quantitative estimate of drug-likeness (QED) is 0.565. The van der Waals surface area contributed by atoms with Crippen molar-refractivity contribution in [1.82, 2.24) is 19.8 Å². The maximum Gasteiger partial charge on any atom is 0.251 e. The Bertz CT molecular complexity index is 1030. The molecule has 0 saturated carbocycles. The van der Waals surface area contributed by atoms with Crippen molar-refractivity contribution in [2.75, 3.05) is 6.54 Å². The lowest BCUT2D eigenvalue weighted by atomic mass is 10.1. The largest absolute Gasteiger partial charge is 0.352 e. The van der Waals surface area contributed by atoms with Gasteiger partial charge in [-0.3, -0.25) is 9.48 Å². The van der Waals surface area contributed by atoms with Gasteiger partial charge in [-0.15, -0.1) is 0 Å². The lowest BCUT2D eigenvalue weighted by molar-refractivity contribution is 0.0946. The molecule has 29 heavy (non-hydrogen) atoms. The van der Waals surface area contributed by atoms with Crippen LogP contribution < -0.4 is 10.0 Å². The van der Waals surface area contributed by atoms with Crippen molar-refractivity contribution in [2.24, 2.45) is 5.92 Å². The van der Waals surface area contributed by atoms with Gasteiger partial charge in [-0.25, -0.2) is 13.1 Å². The first-order chi connectivity index (χ1) is 13.9. The van der Waals surface area contributed by atoms with Crippen LogP contribution in [0.2, 0.25) is 0 Å². The summed E-state index contributed by atoms with van der Waals surface area (Å²) in [6, 6.07) is 17.1. The summed E-state index contributed by atoms with van der Waals surface area (Å²) in [5.41, 5.74) is 1.16. The Kier molecular flexibility index (Phi) is 6.79. The monoisotopic (exact) mass is 412 g/mol. The van der Waals surface area contributed by atoms with Crippen molar-refractivity contribution >= 4 is 15.9 Å². The highest BCUT2D eigenvalue weighted by Crippen LogP contribution is 2.13. The van der Waals surface area contributed by atoms with Crippen LogP contribution in [0.5, 0.6) is 0 Å². The maximum atomic E-state index is 12.6. The molecule has 1 atom stereocenters. The number of amides is 1. The van der Waals surface area contributed by atoms with Crippen molar-refractivity contribution in [3.05, 3.63) is 84.2 Å². The third-order valence-electron chi connectivity index (χ3n) is 4.38. The minimum atomic E-state index is -3.72. The lowest BCUT2D eigenvalue weighted by Crippen LogP contribution is -2.30. The fourth-order valence-corrected chi connectivity index (χ4v) is 3.89. The maximum absolute atomic E-state index is 12.6. The van der Waals surface area contributed by atoms with Gasteiger partial charge in [0.2, 0.25) is 10.0 Å². The normalized spacial score (nSPS) is 12.4. The van der Waals surface area contributed by atoms with Crippen molar-refractivity contribution in [2.45, 2.75) is 24.9 Å². The van der Waals surface area contributed by atoms with Crippen LogP contribution in [0.3, 0.4) is 0 Å². The molecule has 2 aromatic carbocycles. The van der Waals surface area contributed by atoms with E-state index in [1.165, 1.54) is 12.1 Å². The van der Waals surface area contributed by atoms with E-state index in [1.54, 1.807) is 18.3 Å². The molecule has 7 nitrogen and oxygen atoms in total. The SMILES string of the molecule is CC(CNC(=O)c1cccc(S(=O)(=O)NCc2ccccc2)c1)Cn1cccn1. The fourth-order valence-electron chi connectivity index (χ4n) is 2.82. The van der Waals surface area contributed by atoms with Gasteiger partial charge < -0.3 is 5.32 Å². The van der Waals surface area contributed by atoms with E-state index in [4.69, 9.17) is 0 Å². The molecular formula is C21H24N4O3S. The Balaban J connectivity index is 1.59. The molecule has 2 N–H and O–H groups in total. The van der Waals surface area contributed by atoms with Crippen LogP contribution in [0.25, 0.3) is 0 Å². The van der Waals surface area contributed by atoms with Crippen molar-refractivity contribution in [3.63, 3.8) is 0 Å². The summed E-state index contributed by atoms with van der Waals surface area (Å²) in [6.07, 6.45) is 3.58. The van der Waals surface area contributed by atoms with Gasteiger partial charge in [-0.2, -0.15) is 5.10 Å². The number of hydrogen-bond donors (Lipinski definition) is 2. The number of aromatic nitrogens is 2. The van der Waals surface area contributed by atoms with Crippen LogP contribution in [0, 0.1) is 5.92 Å². The zero-order chi connectivity index (χ0) is 20.7. The van der Waals surface area contributed by atoms with Gasteiger partial charge in [0.05, 0.1) is 4.90 Å². The molecule has 1 amide bonds. The number of rotatable bonds is 9. The number of benzene rings is 2. The van der Waals surface area contributed by atoms with Crippen LogP contribution in [0.15, 0.2) is 78.0 Å². The Hall–Kier alpha value is -2.97. The Morgan fingerprint density at radius 2 is 1.90 bits per heavy atom. The second-order valence-corrected chi connectivity index (χ2v) is 8.65. The smallest absolute Gasteiger partial charge is 0.251 e. The first-order valence-corrected chi connectivity index (χ1v) is 10.8. The average molecular weight is 413 g/mol. The molecule has 0 aliphatic rings. The number of nitrogens with one attached hydrogen (secondary N) is 2. The number of carbonyl (C=O) groups is 1. The first-order valence-electron chi connectivity index (χ1n) is 9.33. The van der Waals surface area contributed by atoms with E-state index in [1.807, 2.05) is 54.2 Å². The second-order valence-electron chi connectivity index (χ2n) is 6.88. The van der Waals surface area contributed by atoms with E-state index in [-0.39, 0.29) is 23.3 Å². The van der Waals surface area contributed by atoms with Gasteiger partial charge in [0, 0.05) is 37.6 Å². The van der Waals surface area contributed by atoms with E-state index in [0.29, 0.717) is 18.7 Å². The number of nitrogens with zero attached hydrogens (tertiary/aromatic N) is 2. The van der Waals surface area contributed by atoms with Gasteiger partial charge in [-0.1, -0.05) is 43.3 Å². The van der Waals surface area contributed by atoms with Crippen LogP contribution in [0.1, 0.15) is 22.8 Å². The Morgan fingerprint density at radius 3 is 2.62 bits per heavy atom. The number of carbonyl (C=O) groups excluding carboxylic acids is 1. The van der Waals surface area contributed by atoms with Crippen LogP contribution in [-0.4, -0.2) is 30.7 Å². The number of hydrogen-bond acceptors (Lipinski definition) is 4. The summed E-state index contributed by atoms with van der Waals surface area (Å²) < 4.78 is 29.5. The summed E-state index contributed by atoms with van der Waals surface area (Å²) >= 11 is 0. The summed E-state index contributed by atoms with van der Waals surface area (Å²) in [6.45, 7) is 3.34. The Morgan fingerprint density at radius 1 is 1.10 bits per heavy atom. The van der Waals surface area contributed by atoms with Gasteiger partial charge in [0.15, 0.2) is 0 Å². The predicted molar refractivity (Wildman–Crippen MR) is 111 cm³/mol. The standard InChI is InChI=1S/C21H24N4O3S/c1-17(16-25-12-6-11-23-25)14-22-21(26)19-9-5-10-20(13-19)29(27,28)24-15-18-7-3-2-4-8-18/h2-13,17,24H,14-16H2,1H3,(H,22,26). The van der Waals surface area contributed by atoms with E-state index in [0.717, 1.165) is 5.56 Å². The lowest BCUT2D eigenvalue weighted by Gasteiger charge is -2.13. The van der Waals surface area contributed by atoms with Crippen LogP contribution in [-0.2, 0) is 23.1 Å². The second kappa shape index (κ2) is 9.49. The third kappa shape index (κ3) is 6.00. The fraction of sp³-hybridized carbons (Fsp3) is 0.238. The molecule has 1 heterocycles. The van der Waals surface area contributed by atoms with E-state index in [9.17, 15) is 13.2 Å². The average Bonchev–Trinajstić information content (AvgIpc) is 3.24. The molecule has 0 bridgehead atoms. The Labute approximate surface area is 170 Å². The summed E-state index contributed by atoms with van der Waals surface area (Å²) in [7, 11) is -3.72. The topological polar surface area (TPSA) is 93.1 Å². The van der Waals surface area contributed by atoms with E-state index >= 15 is 0 Å². The molecule has 0 saturated heterocycles. The molecular weight excluding hydrogens is 388 g/mol. The molecule has 0 aliphatic heterocycles. The molecule has 0 fully saturated rings. The first kappa shape index (κ1) is 20.8. The zero-order valence-electron chi connectivity index (χ0n) is 16.2.